The molecule has 8 atom stereocenters. The Bertz CT molecular complexity index is 641. The van der Waals surface area contributed by atoms with E-state index >= 15 is 0 Å². The van der Waals surface area contributed by atoms with Crippen molar-refractivity contribution in [1.82, 2.24) is 0 Å². The predicted molar refractivity (Wildman–Crippen MR) is 117 cm³/mol. The van der Waals surface area contributed by atoms with Crippen LogP contribution in [-0.2, 0) is 19.0 Å². The summed E-state index contributed by atoms with van der Waals surface area (Å²) in [6.07, 6.45) is 4.34. The summed E-state index contributed by atoms with van der Waals surface area (Å²) in [4.78, 5) is 12.6. The van der Waals surface area contributed by atoms with Gasteiger partial charge in [-0.1, -0.05) is 32.9 Å². The topological polar surface area (TPSA) is 65.0 Å². The van der Waals surface area contributed by atoms with Gasteiger partial charge in [-0.2, -0.15) is 0 Å². The van der Waals surface area contributed by atoms with Gasteiger partial charge in [-0.25, -0.2) is 0 Å². The Balaban J connectivity index is 2.05. The van der Waals surface area contributed by atoms with Gasteiger partial charge in [0.05, 0.1) is 17.8 Å². The monoisotopic (exact) mass is 422 g/mol. The molecule has 3 aliphatic rings. The molecule has 0 radical (unpaired) electrons. The highest BCUT2D eigenvalue weighted by atomic mass is 16.6. The second kappa shape index (κ2) is 8.91. The fourth-order valence-electron chi connectivity index (χ4n) is 6.45. The second-order valence-corrected chi connectivity index (χ2v) is 10.7. The van der Waals surface area contributed by atoms with Gasteiger partial charge in [0, 0.05) is 31.8 Å². The Morgan fingerprint density at radius 1 is 1.33 bits per heavy atom. The molecule has 0 amide bonds. The number of carbonyl (C=O) groups excluding carboxylic acids is 1. The highest BCUT2D eigenvalue weighted by Crippen LogP contribution is 2.56. The number of fused-ring (bicyclic) bond motifs is 5. The van der Waals surface area contributed by atoms with Crippen LogP contribution >= 0.6 is 0 Å². The van der Waals surface area contributed by atoms with E-state index in [0.29, 0.717) is 37.5 Å². The molecule has 2 aliphatic heterocycles. The van der Waals surface area contributed by atoms with E-state index in [0.717, 1.165) is 19.3 Å². The molecule has 172 valence electrons. The van der Waals surface area contributed by atoms with Crippen molar-refractivity contribution in [3.8, 4) is 0 Å². The maximum Gasteiger partial charge on any atom is 0.306 e. The number of aliphatic hydroxyl groups is 1. The standard InChI is InChI=1S/C25H42O5/c1-8-9-20(26)30-25(6)13-12-19(28-7)24(5,27)14-18-21-16(4)10-11-17(15(2)3)22(21)23(25)29-18/h15,17-19,21-23,27H,4,8-14H2,1-3,5-7H3/t17-,18-,19+,21-,22-,23-,24+,25-/m1/s1. The molecular formula is C25H42O5. The third kappa shape index (κ3) is 4.35. The molecule has 0 aromatic rings. The van der Waals surface area contributed by atoms with Gasteiger partial charge in [0.15, 0.2) is 0 Å². The van der Waals surface area contributed by atoms with E-state index in [1.54, 1.807) is 7.11 Å². The van der Waals surface area contributed by atoms with Crippen LogP contribution in [0.2, 0.25) is 0 Å². The molecule has 5 nitrogen and oxygen atoms in total. The Morgan fingerprint density at radius 2 is 2.03 bits per heavy atom. The zero-order chi connectivity index (χ0) is 22.3. The molecule has 3 rings (SSSR count). The van der Waals surface area contributed by atoms with Crippen molar-refractivity contribution in [3.05, 3.63) is 12.2 Å². The summed E-state index contributed by atoms with van der Waals surface area (Å²) in [7, 11) is 1.65. The number of rotatable bonds is 5. The van der Waals surface area contributed by atoms with Crippen molar-refractivity contribution >= 4 is 5.97 Å². The number of ether oxygens (including phenoxy) is 3. The number of methoxy groups -OCH3 is 1. The average molecular weight is 423 g/mol. The maximum absolute atomic E-state index is 12.6. The van der Waals surface area contributed by atoms with Crippen LogP contribution in [0.5, 0.6) is 0 Å². The first-order chi connectivity index (χ1) is 14.0. The normalized spacial score (nSPS) is 44.2. The van der Waals surface area contributed by atoms with Gasteiger partial charge in [0.2, 0.25) is 0 Å². The number of hydrogen-bond donors (Lipinski definition) is 1. The molecule has 3 fully saturated rings. The fourth-order valence-corrected chi connectivity index (χ4v) is 6.45. The van der Waals surface area contributed by atoms with E-state index in [2.05, 4.69) is 20.4 Å². The smallest absolute Gasteiger partial charge is 0.306 e. The lowest BCUT2D eigenvalue weighted by Gasteiger charge is -2.46. The fraction of sp³-hybridized carbons (Fsp3) is 0.880. The summed E-state index contributed by atoms with van der Waals surface area (Å²) in [6.45, 7) is 14.9. The molecule has 5 heteroatoms. The maximum atomic E-state index is 12.6. The lowest BCUT2D eigenvalue weighted by atomic mass is 9.60. The average Bonchev–Trinajstić information content (AvgIpc) is 3.02. The molecule has 2 bridgehead atoms. The van der Waals surface area contributed by atoms with Crippen LogP contribution in [-0.4, -0.2) is 47.7 Å². The van der Waals surface area contributed by atoms with Gasteiger partial charge in [-0.3, -0.25) is 4.79 Å². The third-order valence-electron chi connectivity index (χ3n) is 8.01. The quantitative estimate of drug-likeness (QED) is 0.516. The first-order valence-electron chi connectivity index (χ1n) is 11.8. The lowest BCUT2D eigenvalue weighted by Crippen LogP contribution is -2.52. The minimum Gasteiger partial charge on any atom is -0.457 e. The Labute approximate surface area is 182 Å². The van der Waals surface area contributed by atoms with Crippen molar-refractivity contribution in [2.75, 3.05) is 7.11 Å². The van der Waals surface area contributed by atoms with Crippen LogP contribution in [0.1, 0.15) is 79.6 Å². The van der Waals surface area contributed by atoms with Crippen LogP contribution in [0.25, 0.3) is 0 Å². The first-order valence-corrected chi connectivity index (χ1v) is 11.8. The van der Waals surface area contributed by atoms with E-state index in [4.69, 9.17) is 14.2 Å². The molecule has 1 saturated carbocycles. The molecule has 1 aliphatic carbocycles. The minimum absolute atomic E-state index is 0.135. The third-order valence-corrected chi connectivity index (χ3v) is 8.01. The van der Waals surface area contributed by atoms with E-state index in [1.807, 2.05) is 20.8 Å². The summed E-state index contributed by atoms with van der Waals surface area (Å²) in [6, 6.07) is 0. The SMILES string of the molecule is C=C1CC[C@H](C(C)C)[C@@H]2[C@H]1[C@H]1C[C@](C)(O)[C@@H](OC)CC[C@@](C)(OC(=O)CCC)[C@@H]2O1. The highest BCUT2D eigenvalue weighted by Gasteiger charge is 2.60. The zero-order valence-corrected chi connectivity index (χ0v) is 19.8. The van der Waals surface area contributed by atoms with Gasteiger partial charge in [0.1, 0.15) is 11.7 Å². The van der Waals surface area contributed by atoms with E-state index in [9.17, 15) is 9.90 Å². The van der Waals surface area contributed by atoms with Crippen LogP contribution in [0.15, 0.2) is 12.2 Å². The summed E-state index contributed by atoms with van der Waals surface area (Å²) in [5.41, 5.74) is -0.536. The van der Waals surface area contributed by atoms with E-state index in [1.165, 1.54) is 5.57 Å². The van der Waals surface area contributed by atoms with E-state index in [-0.39, 0.29) is 36.1 Å². The molecule has 1 N–H and O–H groups in total. The summed E-state index contributed by atoms with van der Waals surface area (Å²) >= 11 is 0. The molecule has 0 spiro atoms. The molecule has 30 heavy (non-hydrogen) atoms. The summed E-state index contributed by atoms with van der Waals surface area (Å²) in [5, 5.41) is 11.3. The van der Waals surface area contributed by atoms with Crippen LogP contribution in [0.3, 0.4) is 0 Å². The number of esters is 1. The number of carbonyl (C=O) groups is 1. The zero-order valence-electron chi connectivity index (χ0n) is 19.8. The van der Waals surface area contributed by atoms with Gasteiger partial charge in [-0.05, 0) is 57.8 Å². The van der Waals surface area contributed by atoms with Crippen molar-refractivity contribution in [2.24, 2.45) is 23.7 Å². The van der Waals surface area contributed by atoms with Crippen LogP contribution < -0.4 is 0 Å². The molecule has 0 unspecified atom stereocenters. The molecular weight excluding hydrogens is 380 g/mol. The van der Waals surface area contributed by atoms with Crippen molar-refractivity contribution < 1.29 is 24.1 Å². The van der Waals surface area contributed by atoms with Gasteiger partial charge < -0.3 is 19.3 Å². The first kappa shape index (κ1) is 23.7. The predicted octanol–water partition coefficient (Wildman–Crippen LogP) is 4.66. The Morgan fingerprint density at radius 3 is 2.63 bits per heavy atom. The van der Waals surface area contributed by atoms with Crippen molar-refractivity contribution in [1.29, 1.82) is 0 Å². The van der Waals surface area contributed by atoms with Gasteiger partial charge in [0.25, 0.3) is 0 Å². The second-order valence-electron chi connectivity index (χ2n) is 10.7. The molecule has 0 aromatic carbocycles. The van der Waals surface area contributed by atoms with Gasteiger partial charge >= 0.3 is 5.97 Å². The van der Waals surface area contributed by atoms with Crippen LogP contribution in [0, 0.1) is 23.7 Å². The minimum atomic E-state index is -1.01. The lowest BCUT2D eigenvalue weighted by molar-refractivity contribution is -0.182. The van der Waals surface area contributed by atoms with Crippen LogP contribution in [0.4, 0.5) is 0 Å². The highest BCUT2D eigenvalue weighted by molar-refractivity contribution is 5.69. The Hall–Kier alpha value is -0.910. The van der Waals surface area contributed by atoms with Gasteiger partial charge in [-0.15, -0.1) is 0 Å². The van der Waals surface area contributed by atoms with E-state index < -0.39 is 11.2 Å². The Kier molecular flexibility index (Phi) is 7.06. The molecule has 2 saturated heterocycles. The molecule has 0 aromatic heterocycles. The summed E-state index contributed by atoms with van der Waals surface area (Å²) in [5.74, 6) is 1.27. The number of hydrogen-bond acceptors (Lipinski definition) is 5. The van der Waals surface area contributed by atoms with Crippen molar-refractivity contribution in [2.45, 2.75) is 109 Å². The van der Waals surface area contributed by atoms with Crippen molar-refractivity contribution in [3.63, 3.8) is 0 Å². The molecule has 2 heterocycles. The summed E-state index contributed by atoms with van der Waals surface area (Å²) < 4.78 is 18.6. The largest absolute Gasteiger partial charge is 0.457 e.